The first-order valence-corrected chi connectivity index (χ1v) is 7.81. The van der Waals surface area contributed by atoms with Crippen molar-refractivity contribution in [2.24, 2.45) is 4.99 Å². The van der Waals surface area contributed by atoms with Crippen LogP contribution in [0, 0.1) is 0 Å². The molecule has 2 fully saturated rings. The lowest BCUT2D eigenvalue weighted by Gasteiger charge is -2.23. The van der Waals surface area contributed by atoms with Gasteiger partial charge in [-0.25, -0.2) is 0 Å². The second-order valence-electron chi connectivity index (χ2n) is 5.42. The van der Waals surface area contributed by atoms with Crippen molar-refractivity contribution >= 4 is 16.9 Å². The molecule has 2 atom stereocenters. The van der Waals surface area contributed by atoms with Crippen LogP contribution in [0.4, 0.5) is 0 Å². The quantitative estimate of drug-likeness (QED) is 0.758. The maximum atomic E-state index is 4.87. The number of fused-ring (bicyclic) bond motifs is 1. The zero-order valence-corrected chi connectivity index (χ0v) is 10.8. The van der Waals surface area contributed by atoms with Gasteiger partial charge in [-0.1, -0.05) is 43.9 Å². The summed E-state index contributed by atoms with van der Waals surface area (Å²) < 4.78 is 0. The molecule has 3 heteroatoms. The number of amidine groups is 1. The van der Waals surface area contributed by atoms with Crippen molar-refractivity contribution in [2.75, 3.05) is 0 Å². The molecule has 1 aliphatic heterocycles. The second-order valence-corrected chi connectivity index (χ2v) is 6.65. The van der Waals surface area contributed by atoms with E-state index in [4.69, 9.17) is 4.99 Å². The van der Waals surface area contributed by atoms with Crippen LogP contribution < -0.4 is 5.32 Å². The number of nitrogens with zero attached hydrogens (tertiary/aromatic N) is 1. The fourth-order valence-corrected chi connectivity index (χ4v) is 4.54. The summed E-state index contributed by atoms with van der Waals surface area (Å²) in [6.45, 7) is 0. The lowest BCUT2D eigenvalue weighted by molar-refractivity contribution is 0.414. The Morgan fingerprint density at radius 2 is 1.69 bits per heavy atom. The van der Waals surface area contributed by atoms with E-state index in [1.807, 2.05) is 11.8 Å². The van der Waals surface area contributed by atoms with Crippen molar-refractivity contribution in [1.82, 2.24) is 5.32 Å². The molecule has 2 aliphatic carbocycles. The van der Waals surface area contributed by atoms with Gasteiger partial charge < -0.3 is 5.32 Å². The third-order valence-electron chi connectivity index (χ3n) is 4.15. The fourth-order valence-electron chi connectivity index (χ4n) is 3.18. The third kappa shape index (κ3) is 2.39. The number of hydrogen-bond acceptors (Lipinski definition) is 3. The minimum absolute atomic E-state index is 0.643. The molecular weight excluding hydrogens is 216 g/mol. The van der Waals surface area contributed by atoms with E-state index in [0.29, 0.717) is 6.04 Å². The van der Waals surface area contributed by atoms with Crippen molar-refractivity contribution in [3.8, 4) is 0 Å². The van der Waals surface area contributed by atoms with E-state index < -0.39 is 0 Å². The first kappa shape index (κ1) is 10.9. The Labute approximate surface area is 103 Å². The predicted octanol–water partition coefficient (Wildman–Crippen LogP) is 3.32. The molecule has 1 N–H and O–H groups in total. The highest BCUT2D eigenvalue weighted by molar-refractivity contribution is 8.14. The molecule has 0 bridgehead atoms. The van der Waals surface area contributed by atoms with Gasteiger partial charge in [0, 0.05) is 11.3 Å². The number of nitrogens with one attached hydrogen (secondary N) is 1. The fraction of sp³-hybridized carbons (Fsp3) is 0.923. The average Bonchev–Trinajstić information content (AvgIpc) is 2.72. The average molecular weight is 238 g/mol. The van der Waals surface area contributed by atoms with Crippen LogP contribution >= 0.6 is 11.8 Å². The zero-order valence-electron chi connectivity index (χ0n) is 9.95. The minimum Gasteiger partial charge on any atom is -0.362 e. The Kier molecular flexibility index (Phi) is 3.41. The number of hydrogen-bond donors (Lipinski definition) is 1. The summed E-state index contributed by atoms with van der Waals surface area (Å²) in [4.78, 5) is 4.87. The van der Waals surface area contributed by atoms with Gasteiger partial charge in [-0.15, -0.1) is 0 Å². The van der Waals surface area contributed by atoms with Gasteiger partial charge in [0.25, 0.3) is 0 Å². The summed E-state index contributed by atoms with van der Waals surface area (Å²) in [6.07, 6.45) is 12.5. The third-order valence-corrected chi connectivity index (χ3v) is 5.45. The predicted molar refractivity (Wildman–Crippen MR) is 71.1 cm³/mol. The molecular formula is C13H22N2S. The van der Waals surface area contributed by atoms with Crippen LogP contribution in [0.15, 0.2) is 4.99 Å². The lowest BCUT2D eigenvalue weighted by atomic mass is 9.95. The van der Waals surface area contributed by atoms with Crippen molar-refractivity contribution in [3.05, 3.63) is 0 Å². The van der Waals surface area contributed by atoms with Gasteiger partial charge in [-0.3, -0.25) is 4.99 Å². The Balaban J connectivity index is 1.55. The molecule has 0 amide bonds. The van der Waals surface area contributed by atoms with Crippen molar-refractivity contribution in [2.45, 2.75) is 75.1 Å². The number of thioether (sulfide) groups is 1. The van der Waals surface area contributed by atoms with E-state index in [9.17, 15) is 0 Å². The SMILES string of the molecule is C1CCC(NC2=NC3CCCCC3S2)CC1. The van der Waals surface area contributed by atoms with E-state index in [-0.39, 0.29) is 0 Å². The Morgan fingerprint density at radius 3 is 2.50 bits per heavy atom. The largest absolute Gasteiger partial charge is 0.362 e. The molecule has 0 aromatic heterocycles. The second kappa shape index (κ2) is 4.99. The molecule has 16 heavy (non-hydrogen) atoms. The van der Waals surface area contributed by atoms with Crippen molar-refractivity contribution < 1.29 is 0 Å². The minimum atomic E-state index is 0.643. The summed E-state index contributed by atoms with van der Waals surface area (Å²) >= 11 is 2.03. The van der Waals surface area contributed by atoms with Gasteiger partial charge in [0.15, 0.2) is 5.17 Å². The molecule has 2 saturated carbocycles. The van der Waals surface area contributed by atoms with Gasteiger partial charge in [-0.05, 0) is 25.7 Å². The van der Waals surface area contributed by atoms with Crippen LogP contribution in [0.25, 0.3) is 0 Å². The first-order chi connectivity index (χ1) is 7.92. The van der Waals surface area contributed by atoms with Gasteiger partial charge in [0.1, 0.15) is 0 Å². The first-order valence-electron chi connectivity index (χ1n) is 6.93. The molecule has 1 heterocycles. The number of aliphatic imine (C=N–C) groups is 1. The molecule has 2 unspecified atom stereocenters. The van der Waals surface area contributed by atoms with Gasteiger partial charge in [0.05, 0.1) is 6.04 Å². The van der Waals surface area contributed by atoms with Crippen LogP contribution in [-0.2, 0) is 0 Å². The number of rotatable bonds is 1. The molecule has 0 spiro atoms. The highest BCUT2D eigenvalue weighted by atomic mass is 32.2. The molecule has 0 saturated heterocycles. The Hall–Kier alpha value is -0.180. The standard InChI is InChI=1S/C13H22N2S/c1-2-6-10(7-3-1)14-13-15-11-8-4-5-9-12(11)16-13/h10-12H,1-9H2,(H,14,15). The van der Waals surface area contributed by atoms with Gasteiger partial charge in [0.2, 0.25) is 0 Å². The normalized spacial score (nSPS) is 35.6. The Morgan fingerprint density at radius 1 is 0.938 bits per heavy atom. The van der Waals surface area contributed by atoms with Crippen LogP contribution in [0.2, 0.25) is 0 Å². The summed E-state index contributed by atoms with van der Waals surface area (Å²) in [5.41, 5.74) is 0. The highest BCUT2D eigenvalue weighted by Gasteiger charge is 2.32. The maximum Gasteiger partial charge on any atom is 0.157 e. The molecule has 90 valence electrons. The molecule has 3 rings (SSSR count). The lowest BCUT2D eigenvalue weighted by Crippen LogP contribution is -2.34. The van der Waals surface area contributed by atoms with E-state index >= 15 is 0 Å². The monoisotopic (exact) mass is 238 g/mol. The molecule has 2 nitrogen and oxygen atoms in total. The van der Waals surface area contributed by atoms with E-state index in [1.165, 1.54) is 63.0 Å². The molecule has 3 aliphatic rings. The summed E-state index contributed by atoms with van der Waals surface area (Å²) in [6, 6.07) is 1.37. The molecule has 0 radical (unpaired) electrons. The highest BCUT2D eigenvalue weighted by Crippen LogP contribution is 2.36. The summed E-state index contributed by atoms with van der Waals surface area (Å²) in [5, 5.41) is 5.76. The summed E-state index contributed by atoms with van der Waals surface area (Å²) in [7, 11) is 0. The Bertz CT molecular complexity index is 271. The van der Waals surface area contributed by atoms with Crippen LogP contribution in [-0.4, -0.2) is 22.5 Å². The van der Waals surface area contributed by atoms with Crippen LogP contribution in [0.3, 0.4) is 0 Å². The van der Waals surface area contributed by atoms with Crippen molar-refractivity contribution in [3.63, 3.8) is 0 Å². The zero-order chi connectivity index (χ0) is 10.8. The molecule has 0 aromatic rings. The van der Waals surface area contributed by atoms with Crippen LogP contribution in [0.5, 0.6) is 0 Å². The summed E-state index contributed by atoms with van der Waals surface area (Å²) in [5.74, 6) is 0. The van der Waals surface area contributed by atoms with E-state index in [1.54, 1.807) is 0 Å². The van der Waals surface area contributed by atoms with Gasteiger partial charge >= 0.3 is 0 Å². The van der Waals surface area contributed by atoms with E-state index in [2.05, 4.69) is 5.32 Å². The van der Waals surface area contributed by atoms with Crippen LogP contribution in [0.1, 0.15) is 57.8 Å². The van der Waals surface area contributed by atoms with E-state index in [0.717, 1.165) is 11.3 Å². The molecule has 0 aromatic carbocycles. The topological polar surface area (TPSA) is 24.4 Å². The van der Waals surface area contributed by atoms with Gasteiger partial charge in [-0.2, -0.15) is 0 Å². The van der Waals surface area contributed by atoms with Crippen molar-refractivity contribution in [1.29, 1.82) is 0 Å². The maximum absolute atomic E-state index is 4.87. The smallest absolute Gasteiger partial charge is 0.157 e.